The fourth-order valence-electron chi connectivity index (χ4n) is 2.33. The van der Waals surface area contributed by atoms with Crippen molar-refractivity contribution in [3.8, 4) is 0 Å². The summed E-state index contributed by atoms with van der Waals surface area (Å²) in [5.41, 5.74) is 1.29. The van der Waals surface area contributed by atoms with Gasteiger partial charge in [0, 0.05) is 30.6 Å². The second kappa shape index (κ2) is 8.78. The van der Waals surface area contributed by atoms with Gasteiger partial charge >= 0.3 is 0 Å². The second-order valence-corrected chi connectivity index (χ2v) is 6.80. The highest BCUT2D eigenvalue weighted by molar-refractivity contribution is 8.04. The minimum atomic E-state index is -0.170. The lowest BCUT2D eigenvalue weighted by atomic mass is 10.1. The van der Waals surface area contributed by atoms with Gasteiger partial charge < -0.3 is 15.0 Å². The molecule has 1 aliphatic heterocycles. The molecule has 2 amide bonds. The standard InChI is InChI=1S/C18H24N2O3S/c1-4-5-10-20(3)18(22)14-6-8-15(9-7-14)19-17(21)16-13(2)23-11-12-24-16/h6-9H,4-5,10-12H2,1-3H3,(H,19,21). The fourth-order valence-corrected chi connectivity index (χ4v) is 3.15. The topological polar surface area (TPSA) is 58.6 Å². The fraction of sp³-hybridized carbons (Fsp3) is 0.444. The summed E-state index contributed by atoms with van der Waals surface area (Å²) < 4.78 is 5.41. The van der Waals surface area contributed by atoms with Crippen molar-refractivity contribution in [3.05, 3.63) is 40.5 Å². The minimum absolute atomic E-state index is 0.00360. The average Bonchev–Trinajstić information content (AvgIpc) is 2.60. The SMILES string of the molecule is CCCCN(C)C(=O)c1ccc(NC(=O)C2=C(C)OCCS2)cc1. The van der Waals surface area contributed by atoms with Crippen LogP contribution in [0.3, 0.4) is 0 Å². The quantitative estimate of drug-likeness (QED) is 0.855. The molecule has 0 atom stereocenters. The Labute approximate surface area is 147 Å². The van der Waals surface area contributed by atoms with Crippen LogP contribution in [0.5, 0.6) is 0 Å². The van der Waals surface area contributed by atoms with Crippen LogP contribution in [-0.4, -0.2) is 42.7 Å². The molecule has 0 saturated heterocycles. The van der Waals surface area contributed by atoms with Crippen LogP contribution in [0, 0.1) is 0 Å². The van der Waals surface area contributed by atoms with Gasteiger partial charge in [-0.15, -0.1) is 11.8 Å². The number of nitrogens with one attached hydrogen (secondary N) is 1. The summed E-state index contributed by atoms with van der Waals surface area (Å²) in [6.07, 6.45) is 2.05. The summed E-state index contributed by atoms with van der Waals surface area (Å²) in [6.45, 7) is 5.28. The van der Waals surface area contributed by atoms with E-state index in [1.165, 1.54) is 11.8 Å². The summed E-state index contributed by atoms with van der Waals surface area (Å²) >= 11 is 1.50. The molecule has 0 fully saturated rings. The van der Waals surface area contributed by atoms with E-state index >= 15 is 0 Å². The average molecular weight is 348 g/mol. The van der Waals surface area contributed by atoms with Crippen molar-refractivity contribution in [2.75, 3.05) is 31.3 Å². The lowest BCUT2D eigenvalue weighted by Gasteiger charge is -2.18. The molecule has 6 heteroatoms. The van der Waals surface area contributed by atoms with Gasteiger partial charge in [-0.3, -0.25) is 9.59 Å². The normalized spacial score (nSPS) is 14.1. The first kappa shape index (κ1) is 18.4. The molecule has 1 aromatic carbocycles. The predicted molar refractivity (Wildman–Crippen MR) is 98.1 cm³/mol. The number of hydrogen-bond donors (Lipinski definition) is 1. The first-order valence-electron chi connectivity index (χ1n) is 8.16. The molecule has 0 aromatic heterocycles. The molecule has 24 heavy (non-hydrogen) atoms. The number of carbonyl (C=O) groups excluding carboxylic acids is 2. The van der Waals surface area contributed by atoms with Gasteiger partial charge in [-0.1, -0.05) is 13.3 Å². The van der Waals surface area contributed by atoms with E-state index in [2.05, 4.69) is 12.2 Å². The molecule has 1 heterocycles. The van der Waals surface area contributed by atoms with Crippen LogP contribution in [0.4, 0.5) is 5.69 Å². The van der Waals surface area contributed by atoms with E-state index in [1.807, 2.05) is 7.05 Å². The molecule has 0 spiro atoms. The Morgan fingerprint density at radius 2 is 2.00 bits per heavy atom. The monoisotopic (exact) mass is 348 g/mol. The Hall–Kier alpha value is -1.95. The van der Waals surface area contributed by atoms with E-state index in [4.69, 9.17) is 4.74 Å². The Morgan fingerprint density at radius 3 is 2.62 bits per heavy atom. The number of benzene rings is 1. The first-order valence-corrected chi connectivity index (χ1v) is 9.14. The first-order chi connectivity index (χ1) is 11.5. The molecule has 5 nitrogen and oxygen atoms in total. The van der Waals surface area contributed by atoms with Gasteiger partial charge in [0.2, 0.25) is 0 Å². The van der Waals surface area contributed by atoms with E-state index in [1.54, 1.807) is 36.1 Å². The molecule has 0 unspecified atom stereocenters. The Bertz CT molecular complexity index is 626. The van der Waals surface area contributed by atoms with Crippen molar-refractivity contribution in [2.24, 2.45) is 0 Å². The second-order valence-electron chi connectivity index (χ2n) is 5.69. The van der Waals surface area contributed by atoms with Gasteiger partial charge in [-0.2, -0.15) is 0 Å². The van der Waals surface area contributed by atoms with Crippen molar-refractivity contribution in [1.29, 1.82) is 0 Å². The maximum atomic E-state index is 12.3. The van der Waals surface area contributed by atoms with Crippen LogP contribution in [0.15, 0.2) is 34.9 Å². The van der Waals surface area contributed by atoms with Gasteiger partial charge in [-0.05, 0) is 37.6 Å². The van der Waals surface area contributed by atoms with E-state index in [0.29, 0.717) is 28.5 Å². The highest BCUT2D eigenvalue weighted by Crippen LogP contribution is 2.26. The van der Waals surface area contributed by atoms with Crippen LogP contribution in [0.25, 0.3) is 0 Å². The number of hydrogen-bond acceptors (Lipinski definition) is 4. The number of anilines is 1. The zero-order chi connectivity index (χ0) is 17.5. The van der Waals surface area contributed by atoms with Crippen LogP contribution in [0.2, 0.25) is 0 Å². The molecule has 2 rings (SSSR count). The summed E-state index contributed by atoms with van der Waals surface area (Å²) in [5.74, 6) is 1.26. The summed E-state index contributed by atoms with van der Waals surface area (Å²) in [7, 11) is 1.81. The zero-order valence-electron chi connectivity index (χ0n) is 14.4. The molecular formula is C18H24N2O3S. The largest absolute Gasteiger partial charge is 0.496 e. The molecule has 0 aliphatic carbocycles. The van der Waals surface area contributed by atoms with Crippen molar-refractivity contribution in [1.82, 2.24) is 4.90 Å². The van der Waals surface area contributed by atoms with Crippen LogP contribution in [0.1, 0.15) is 37.0 Å². The number of thioether (sulfide) groups is 1. The summed E-state index contributed by atoms with van der Waals surface area (Å²) in [6, 6.07) is 6.99. The smallest absolute Gasteiger partial charge is 0.265 e. The third-order valence-electron chi connectivity index (χ3n) is 3.76. The molecule has 1 aliphatic rings. The van der Waals surface area contributed by atoms with Gasteiger partial charge in [-0.25, -0.2) is 0 Å². The van der Waals surface area contributed by atoms with Crippen molar-refractivity contribution < 1.29 is 14.3 Å². The highest BCUT2D eigenvalue weighted by Gasteiger charge is 2.19. The maximum absolute atomic E-state index is 12.3. The maximum Gasteiger partial charge on any atom is 0.265 e. The predicted octanol–water partition coefficient (Wildman–Crippen LogP) is 3.49. The highest BCUT2D eigenvalue weighted by atomic mass is 32.2. The number of ether oxygens (including phenoxy) is 1. The van der Waals surface area contributed by atoms with Crippen molar-refractivity contribution >= 4 is 29.3 Å². The number of allylic oxidation sites excluding steroid dienone is 1. The number of nitrogens with zero attached hydrogens (tertiary/aromatic N) is 1. The molecule has 130 valence electrons. The Balaban J connectivity index is 1.99. The van der Waals surface area contributed by atoms with Crippen LogP contribution >= 0.6 is 11.8 Å². The van der Waals surface area contributed by atoms with Crippen molar-refractivity contribution in [3.63, 3.8) is 0 Å². The van der Waals surface area contributed by atoms with Gasteiger partial charge in [0.15, 0.2) is 0 Å². The van der Waals surface area contributed by atoms with E-state index in [0.717, 1.165) is 25.1 Å². The summed E-state index contributed by atoms with van der Waals surface area (Å²) in [5, 5.41) is 2.85. The number of unbranched alkanes of at least 4 members (excludes halogenated alkanes) is 1. The molecule has 1 aromatic rings. The Kier molecular flexibility index (Phi) is 6.73. The van der Waals surface area contributed by atoms with E-state index < -0.39 is 0 Å². The minimum Gasteiger partial charge on any atom is -0.496 e. The van der Waals surface area contributed by atoms with Crippen molar-refractivity contribution in [2.45, 2.75) is 26.7 Å². The molecule has 0 bridgehead atoms. The van der Waals surface area contributed by atoms with Gasteiger partial charge in [0.25, 0.3) is 11.8 Å². The van der Waals surface area contributed by atoms with Gasteiger partial charge in [0.05, 0.1) is 6.61 Å². The third-order valence-corrected chi connectivity index (χ3v) is 4.89. The van der Waals surface area contributed by atoms with Crippen LogP contribution in [-0.2, 0) is 9.53 Å². The number of amides is 2. The van der Waals surface area contributed by atoms with E-state index in [9.17, 15) is 9.59 Å². The number of rotatable bonds is 6. The molecule has 0 saturated carbocycles. The van der Waals surface area contributed by atoms with Gasteiger partial charge in [0.1, 0.15) is 10.7 Å². The third kappa shape index (κ3) is 4.77. The molecule has 0 radical (unpaired) electrons. The van der Waals surface area contributed by atoms with E-state index in [-0.39, 0.29) is 11.8 Å². The molecule has 1 N–H and O–H groups in total. The number of carbonyl (C=O) groups is 2. The molecular weight excluding hydrogens is 324 g/mol. The Morgan fingerprint density at radius 1 is 1.29 bits per heavy atom. The lowest BCUT2D eigenvalue weighted by molar-refractivity contribution is -0.112. The van der Waals surface area contributed by atoms with Crippen LogP contribution < -0.4 is 5.32 Å². The zero-order valence-corrected chi connectivity index (χ0v) is 15.2. The summed E-state index contributed by atoms with van der Waals surface area (Å²) in [4.78, 5) is 26.9. The lowest BCUT2D eigenvalue weighted by Crippen LogP contribution is -2.27.